The van der Waals surface area contributed by atoms with Crippen LogP contribution >= 0.6 is 0 Å². The minimum absolute atomic E-state index is 0.242. The molecule has 0 saturated carbocycles. The number of para-hydroxylation sites is 1. The minimum atomic E-state index is -1.04. The third kappa shape index (κ3) is 9.26. The lowest BCUT2D eigenvalue weighted by molar-refractivity contribution is -0.161. The van der Waals surface area contributed by atoms with Crippen molar-refractivity contribution in [1.82, 2.24) is 16.0 Å². The average Bonchev–Trinajstić information content (AvgIpc) is 2.95. The second kappa shape index (κ2) is 15.9. The van der Waals surface area contributed by atoms with Gasteiger partial charge in [-0.1, -0.05) is 57.5 Å². The van der Waals surface area contributed by atoms with Crippen molar-refractivity contribution in [2.24, 2.45) is 5.92 Å². The Hall–Kier alpha value is -3.59. The minimum Gasteiger partial charge on any atom is -0.497 e. The van der Waals surface area contributed by atoms with E-state index in [4.69, 9.17) is 14.2 Å². The Labute approximate surface area is 237 Å². The number of hydrogen-bond acceptors (Lipinski definition) is 7. The maximum atomic E-state index is 13.5. The highest BCUT2D eigenvalue weighted by Crippen LogP contribution is 2.20. The lowest BCUT2D eigenvalue weighted by atomic mass is 10.0. The fourth-order valence-corrected chi connectivity index (χ4v) is 4.61. The van der Waals surface area contributed by atoms with E-state index in [-0.39, 0.29) is 11.8 Å². The molecular formula is C31H43N3O6. The summed E-state index contributed by atoms with van der Waals surface area (Å²) >= 11 is 0. The zero-order valence-corrected chi connectivity index (χ0v) is 24.0. The van der Waals surface area contributed by atoms with Crippen LogP contribution in [0.2, 0.25) is 0 Å². The van der Waals surface area contributed by atoms with Gasteiger partial charge in [0.25, 0.3) is 5.91 Å². The third-order valence-corrected chi connectivity index (χ3v) is 6.85. The van der Waals surface area contributed by atoms with Crippen LogP contribution in [0, 0.1) is 5.92 Å². The van der Waals surface area contributed by atoms with Crippen LogP contribution in [0.4, 0.5) is 0 Å². The van der Waals surface area contributed by atoms with Crippen molar-refractivity contribution >= 4 is 17.8 Å². The fraction of sp³-hybridized carbons (Fsp3) is 0.516. The Kier molecular flexibility index (Phi) is 12.3. The number of rotatable bonds is 6. The Balaban J connectivity index is 1.85. The molecule has 218 valence electrons. The molecule has 1 heterocycles. The summed E-state index contributed by atoms with van der Waals surface area (Å²) < 4.78 is 17.1. The molecule has 0 bridgehead atoms. The van der Waals surface area contributed by atoms with E-state index in [2.05, 4.69) is 16.0 Å². The third-order valence-electron chi connectivity index (χ3n) is 6.85. The van der Waals surface area contributed by atoms with Gasteiger partial charge in [-0.25, -0.2) is 0 Å². The molecule has 3 N–H and O–H groups in total. The van der Waals surface area contributed by atoms with E-state index >= 15 is 0 Å². The van der Waals surface area contributed by atoms with Crippen molar-refractivity contribution in [2.75, 3.05) is 26.8 Å². The molecule has 2 aromatic carbocycles. The Bertz CT molecular complexity index is 1100. The van der Waals surface area contributed by atoms with Gasteiger partial charge in [0.1, 0.15) is 30.2 Å². The molecular weight excluding hydrogens is 510 g/mol. The van der Waals surface area contributed by atoms with Crippen LogP contribution in [0.1, 0.15) is 51.2 Å². The molecule has 0 spiro atoms. The smallest absolute Gasteiger partial charge is 0.324 e. The second-order valence-electron chi connectivity index (χ2n) is 10.4. The van der Waals surface area contributed by atoms with Crippen molar-refractivity contribution in [2.45, 2.75) is 71.1 Å². The van der Waals surface area contributed by atoms with Gasteiger partial charge in [-0.2, -0.15) is 0 Å². The number of benzene rings is 2. The highest BCUT2D eigenvalue weighted by molar-refractivity contribution is 5.91. The van der Waals surface area contributed by atoms with E-state index in [1.807, 2.05) is 69.3 Å². The van der Waals surface area contributed by atoms with Crippen LogP contribution in [0.3, 0.4) is 0 Å². The van der Waals surface area contributed by atoms with Crippen molar-refractivity contribution in [1.29, 1.82) is 0 Å². The van der Waals surface area contributed by atoms with Crippen LogP contribution in [-0.2, 0) is 32.0 Å². The number of fused-ring (bicyclic) bond motifs is 1. The maximum Gasteiger partial charge on any atom is 0.324 e. The quantitative estimate of drug-likeness (QED) is 0.471. The predicted octanol–water partition coefficient (Wildman–Crippen LogP) is 3.19. The maximum absolute atomic E-state index is 13.5. The standard InChI is InChI=1S/C31H43N3O6/c1-5-9-25-29(35)33-17-8-11-23-10-6-7-12-27(23)39-19-18-32-26(20-22-13-15-24(38-4)16-14-22)31(37)40-28(21(2)3)30(36)34-25/h6-7,10,12-16,21,25-26,28,32H,5,8-9,11,17-20H2,1-4H3,(H,33,35)(H,34,36)/t25-,26+,28?/m0/s1. The Morgan fingerprint density at radius 3 is 2.42 bits per heavy atom. The first-order valence-electron chi connectivity index (χ1n) is 14.2. The van der Waals surface area contributed by atoms with Gasteiger partial charge in [-0.05, 0) is 60.9 Å². The molecule has 9 nitrogen and oxygen atoms in total. The topological polar surface area (TPSA) is 115 Å². The summed E-state index contributed by atoms with van der Waals surface area (Å²) in [5, 5.41) is 9.05. The summed E-state index contributed by atoms with van der Waals surface area (Å²) in [6.07, 6.45) is 1.97. The molecule has 2 amide bonds. The van der Waals surface area contributed by atoms with Crippen molar-refractivity contribution in [3.8, 4) is 11.5 Å². The molecule has 2 aromatic rings. The summed E-state index contributed by atoms with van der Waals surface area (Å²) in [4.78, 5) is 39.7. The van der Waals surface area contributed by atoms with Crippen LogP contribution in [0.25, 0.3) is 0 Å². The Morgan fingerprint density at radius 1 is 0.975 bits per heavy atom. The van der Waals surface area contributed by atoms with E-state index < -0.39 is 30.1 Å². The molecule has 0 radical (unpaired) electrons. The highest BCUT2D eigenvalue weighted by atomic mass is 16.6. The van der Waals surface area contributed by atoms with Crippen LogP contribution in [0.15, 0.2) is 48.5 Å². The van der Waals surface area contributed by atoms with Crippen LogP contribution in [0.5, 0.6) is 11.5 Å². The van der Waals surface area contributed by atoms with Gasteiger partial charge in [-0.15, -0.1) is 0 Å². The zero-order valence-electron chi connectivity index (χ0n) is 24.0. The number of esters is 1. The van der Waals surface area contributed by atoms with E-state index in [9.17, 15) is 14.4 Å². The van der Waals surface area contributed by atoms with Crippen molar-refractivity contribution in [3.63, 3.8) is 0 Å². The molecule has 1 aliphatic heterocycles. The van der Waals surface area contributed by atoms with Gasteiger partial charge < -0.3 is 30.2 Å². The second-order valence-corrected chi connectivity index (χ2v) is 10.4. The highest BCUT2D eigenvalue weighted by Gasteiger charge is 2.32. The molecule has 3 rings (SSSR count). The number of aryl methyl sites for hydroxylation is 1. The van der Waals surface area contributed by atoms with Gasteiger partial charge in [0.05, 0.1) is 7.11 Å². The first-order chi connectivity index (χ1) is 19.3. The van der Waals surface area contributed by atoms with E-state index in [0.717, 1.165) is 35.5 Å². The number of carbonyl (C=O) groups excluding carboxylic acids is 3. The molecule has 0 saturated heterocycles. The zero-order chi connectivity index (χ0) is 28.9. The number of carbonyl (C=O) groups is 3. The SMILES string of the molecule is CCC[C@@H]1NC(=O)C(C(C)C)OC(=O)[C@@H](Cc2ccc(OC)cc2)NCCOc2ccccc2CCCNC1=O. The monoisotopic (exact) mass is 553 g/mol. The molecule has 0 aromatic heterocycles. The molecule has 1 unspecified atom stereocenters. The molecule has 1 aliphatic rings. The summed E-state index contributed by atoms with van der Waals surface area (Å²) in [6, 6.07) is 13.9. The average molecular weight is 554 g/mol. The molecule has 0 aliphatic carbocycles. The molecule has 9 heteroatoms. The van der Waals surface area contributed by atoms with Gasteiger partial charge in [-0.3, -0.25) is 14.4 Å². The molecule has 0 fully saturated rings. The van der Waals surface area contributed by atoms with Crippen molar-refractivity contribution in [3.05, 3.63) is 59.7 Å². The van der Waals surface area contributed by atoms with E-state index in [1.54, 1.807) is 7.11 Å². The van der Waals surface area contributed by atoms with Crippen LogP contribution in [-0.4, -0.2) is 62.8 Å². The largest absolute Gasteiger partial charge is 0.497 e. The van der Waals surface area contributed by atoms with Gasteiger partial charge in [0.15, 0.2) is 6.10 Å². The van der Waals surface area contributed by atoms with E-state index in [1.165, 1.54) is 0 Å². The van der Waals surface area contributed by atoms with Crippen LogP contribution < -0.4 is 25.4 Å². The summed E-state index contributed by atoms with van der Waals surface area (Å²) in [5.74, 6) is -0.0448. The summed E-state index contributed by atoms with van der Waals surface area (Å²) in [6.45, 7) is 6.80. The first-order valence-corrected chi connectivity index (χ1v) is 14.2. The fourth-order valence-electron chi connectivity index (χ4n) is 4.61. The number of hydrogen-bond donors (Lipinski definition) is 3. The van der Waals surface area contributed by atoms with Gasteiger partial charge in [0.2, 0.25) is 5.91 Å². The lowest BCUT2D eigenvalue weighted by Crippen LogP contribution is -2.53. The number of cyclic esters (lactones) is 1. The lowest BCUT2D eigenvalue weighted by Gasteiger charge is -2.27. The van der Waals surface area contributed by atoms with E-state index in [0.29, 0.717) is 39.0 Å². The number of nitrogens with one attached hydrogen (secondary N) is 3. The first kappa shape index (κ1) is 30.9. The van der Waals surface area contributed by atoms with Gasteiger partial charge in [0, 0.05) is 13.1 Å². The number of ether oxygens (including phenoxy) is 3. The number of methoxy groups -OCH3 is 1. The summed E-state index contributed by atoms with van der Waals surface area (Å²) in [7, 11) is 1.60. The summed E-state index contributed by atoms with van der Waals surface area (Å²) in [5.41, 5.74) is 1.96. The van der Waals surface area contributed by atoms with Gasteiger partial charge >= 0.3 is 5.97 Å². The predicted molar refractivity (Wildman–Crippen MR) is 153 cm³/mol. The molecule has 40 heavy (non-hydrogen) atoms. The van der Waals surface area contributed by atoms with Crippen molar-refractivity contribution < 1.29 is 28.6 Å². The normalized spacial score (nSPS) is 21.6. The molecule has 3 atom stereocenters. The number of amides is 2. The Morgan fingerprint density at radius 2 is 1.73 bits per heavy atom.